The summed E-state index contributed by atoms with van der Waals surface area (Å²) < 4.78 is 36.4. The zero-order valence-corrected chi connectivity index (χ0v) is 20.0. The first-order valence-electron chi connectivity index (χ1n) is 11.4. The predicted molar refractivity (Wildman–Crippen MR) is 128 cm³/mol. The van der Waals surface area contributed by atoms with Gasteiger partial charge in [0.25, 0.3) is 5.91 Å². The molecule has 2 saturated heterocycles. The molecule has 0 spiro atoms. The number of nitrogens with zero attached hydrogens (tertiary/aromatic N) is 4. The average Bonchev–Trinajstić information content (AvgIpc) is 3.22. The third-order valence-electron chi connectivity index (χ3n) is 6.40. The molecule has 2 aromatic heterocycles. The quantitative estimate of drug-likeness (QED) is 0.488. The van der Waals surface area contributed by atoms with E-state index in [0.29, 0.717) is 5.69 Å². The molecule has 12 heteroatoms. The van der Waals surface area contributed by atoms with Crippen molar-refractivity contribution in [2.45, 2.75) is 31.3 Å². The second-order valence-corrected chi connectivity index (χ2v) is 9.96. The Balaban J connectivity index is 1.41. The third kappa shape index (κ3) is 4.37. The summed E-state index contributed by atoms with van der Waals surface area (Å²) in [7, 11) is 1.81. The van der Waals surface area contributed by atoms with Crippen LogP contribution in [-0.4, -0.2) is 52.1 Å². The number of anilines is 3. The Morgan fingerprint density at radius 2 is 1.86 bits per heavy atom. The lowest BCUT2D eigenvalue weighted by atomic mass is 9.91. The summed E-state index contributed by atoms with van der Waals surface area (Å²) in [5, 5.41) is 17.4. The van der Waals surface area contributed by atoms with Crippen molar-refractivity contribution in [3.63, 3.8) is 0 Å². The molecular formula is C23H26F2N6O3S. The van der Waals surface area contributed by atoms with Crippen LogP contribution >= 0.6 is 11.3 Å². The fourth-order valence-electron chi connectivity index (χ4n) is 4.47. The van der Waals surface area contributed by atoms with Crippen molar-refractivity contribution in [3.05, 3.63) is 41.2 Å². The van der Waals surface area contributed by atoms with Gasteiger partial charge in [-0.3, -0.25) is 9.48 Å². The van der Waals surface area contributed by atoms with Gasteiger partial charge in [0.05, 0.1) is 25.0 Å². The van der Waals surface area contributed by atoms with Gasteiger partial charge in [-0.1, -0.05) is 24.2 Å². The second-order valence-electron chi connectivity index (χ2n) is 8.93. The van der Waals surface area contributed by atoms with E-state index in [9.17, 15) is 18.7 Å². The van der Waals surface area contributed by atoms with Crippen molar-refractivity contribution in [1.82, 2.24) is 14.8 Å². The standard InChI is InChI=1S/C23H26F2N6O3S/c1-30-22(31-6-4-2-3-5-7-31)16(10-27-30)28-20(32)18-19(26)35-21(29-18)17-14(24)8-13(9-15(17)25)23(33)11-34-12-23/h8-10,33H,2-7,11-12,26H2,1H3,(H,28,32). The summed E-state index contributed by atoms with van der Waals surface area (Å²) in [5.41, 5.74) is 4.70. The molecule has 35 heavy (non-hydrogen) atoms. The minimum Gasteiger partial charge on any atom is -0.389 e. The molecule has 0 aliphatic carbocycles. The predicted octanol–water partition coefficient (Wildman–Crippen LogP) is 3.25. The molecule has 1 aromatic carbocycles. The van der Waals surface area contributed by atoms with Crippen molar-refractivity contribution in [3.8, 4) is 10.6 Å². The zero-order valence-electron chi connectivity index (χ0n) is 19.2. The molecule has 186 valence electrons. The number of aryl methyl sites for hydroxylation is 1. The Bertz CT molecular complexity index is 1240. The fourth-order valence-corrected chi connectivity index (χ4v) is 5.35. The van der Waals surface area contributed by atoms with Gasteiger partial charge in [0.1, 0.15) is 32.9 Å². The number of carbonyl (C=O) groups excluding carboxylic acids is 1. The van der Waals surface area contributed by atoms with Crippen LogP contribution in [0.4, 0.5) is 25.3 Å². The molecule has 9 nitrogen and oxygen atoms in total. The number of rotatable bonds is 5. The van der Waals surface area contributed by atoms with Crippen LogP contribution in [0.5, 0.6) is 0 Å². The maximum absolute atomic E-state index is 14.9. The molecule has 2 aliphatic rings. The van der Waals surface area contributed by atoms with Crippen LogP contribution in [0.25, 0.3) is 10.6 Å². The van der Waals surface area contributed by atoms with E-state index in [1.54, 1.807) is 10.9 Å². The first-order chi connectivity index (χ1) is 16.8. The topological polar surface area (TPSA) is 119 Å². The second kappa shape index (κ2) is 9.17. The first kappa shape index (κ1) is 23.6. The van der Waals surface area contributed by atoms with Crippen LogP contribution in [0.15, 0.2) is 18.3 Å². The Morgan fingerprint density at radius 3 is 2.46 bits per heavy atom. The molecule has 2 aliphatic heterocycles. The SMILES string of the molecule is Cn1ncc(NC(=O)c2nc(-c3c(F)cc(C4(O)COC4)cc3F)sc2N)c1N1CCCCCC1. The van der Waals surface area contributed by atoms with Crippen LogP contribution in [0.3, 0.4) is 0 Å². The molecular weight excluding hydrogens is 478 g/mol. The molecule has 2 fully saturated rings. The number of carbonyl (C=O) groups is 1. The van der Waals surface area contributed by atoms with Gasteiger partial charge in [-0.25, -0.2) is 13.8 Å². The van der Waals surface area contributed by atoms with E-state index in [1.807, 2.05) is 7.05 Å². The van der Waals surface area contributed by atoms with E-state index in [0.717, 1.165) is 68.1 Å². The molecule has 0 radical (unpaired) electrons. The van der Waals surface area contributed by atoms with Gasteiger partial charge in [-0.05, 0) is 30.5 Å². The number of halogens is 2. The zero-order chi connectivity index (χ0) is 24.7. The molecule has 3 aromatic rings. The van der Waals surface area contributed by atoms with Gasteiger partial charge < -0.3 is 25.8 Å². The third-order valence-corrected chi connectivity index (χ3v) is 7.31. The number of aliphatic hydroxyl groups is 1. The Morgan fingerprint density at radius 1 is 1.20 bits per heavy atom. The number of nitrogens with one attached hydrogen (secondary N) is 1. The molecule has 5 rings (SSSR count). The number of nitrogen functional groups attached to an aromatic ring is 1. The highest BCUT2D eigenvalue weighted by Crippen LogP contribution is 2.38. The Labute approximate surface area is 204 Å². The molecule has 4 heterocycles. The van der Waals surface area contributed by atoms with Gasteiger partial charge in [0, 0.05) is 20.1 Å². The number of ether oxygens (including phenoxy) is 1. The first-order valence-corrected chi connectivity index (χ1v) is 12.2. The lowest BCUT2D eigenvalue weighted by Crippen LogP contribution is -2.46. The largest absolute Gasteiger partial charge is 0.389 e. The van der Waals surface area contributed by atoms with Crippen LogP contribution in [0.2, 0.25) is 0 Å². The van der Waals surface area contributed by atoms with Crippen molar-refractivity contribution < 1.29 is 23.4 Å². The van der Waals surface area contributed by atoms with E-state index < -0.39 is 28.7 Å². The normalized spacial score (nSPS) is 17.7. The number of hydrogen-bond donors (Lipinski definition) is 3. The van der Waals surface area contributed by atoms with Gasteiger partial charge in [0.15, 0.2) is 11.5 Å². The molecule has 1 amide bonds. The van der Waals surface area contributed by atoms with Crippen LogP contribution in [0.1, 0.15) is 41.7 Å². The fraction of sp³-hybridized carbons (Fsp3) is 0.435. The van der Waals surface area contributed by atoms with Gasteiger partial charge in [0.2, 0.25) is 0 Å². The minimum atomic E-state index is -1.41. The number of nitrogens with two attached hydrogens (primary N) is 1. The van der Waals surface area contributed by atoms with E-state index >= 15 is 0 Å². The lowest BCUT2D eigenvalue weighted by Gasteiger charge is -2.36. The Kier molecular flexibility index (Phi) is 6.20. The highest BCUT2D eigenvalue weighted by Gasteiger charge is 2.39. The molecule has 4 N–H and O–H groups in total. The maximum atomic E-state index is 14.9. The summed E-state index contributed by atoms with van der Waals surface area (Å²) in [6, 6.07) is 2.11. The number of aromatic nitrogens is 3. The number of benzene rings is 1. The number of hydrogen-bond acceptors (Lipinski definition) is 8. The lowest BCUT2D eigenvalue weighted by molar-refractivity contribution is -0.184. The smallest absolute Gasteiger partial charge is 0.277 e. The summed E-state index contributed by atoms with van der Waals surface area (Å²) >= 11 is 0.815. The molecule has 0 unspecified atom stereocenters. The average molecular weight is 505 g/mol. The Hall–Kier alpha value is -3.09. The molecule has 0 atom stereocenters. The van der Waals surface area contributed by atoms with Gasteiger partial charge >= 0.3 is 0 Å². The van der Waals surface area contributed by atoms with Crippen molar-refractivity contribution >= 4 is 33.8 Å². The maximum Gasteiger partial charge on any atom is 0.277 e. The van der Waals surface area contributed by atoms with Gasteiger partial charge in [-0.15, -0.1) is 0 Å². The molecule has 0 saturated carbocycles. The number of amides is 1. The summed E-state index contributed by atoms with van der Waals surface area (Å²) in [6.07, 6.45) is 6.00. The van der Waals surface area contributed by atoms with E-state index in [4.69, 9.17) is 10.5 Å². The summed E-state index contributed by atoms with van der Waals surface area (Å²) in [4.78, 5) is 19.4. The van der Waals surface area contributed by atoms with E-state index in [1.165, 1.54) is 0 Å². The summed E-state index contributed by atoms with van der Waals surface area (Å²) in [5.74, 6) is -1.61. The molecule has 0 bridgehead atoms. The van der Waals surface area contributed by atoms with Crippen LogP contribution < -0.4 is 16.0 Å². The van der Waals surface area contributed by atoms with E-state index in [-0.39, 0.29) is 34.5 Å². The van der Waals surface area contributed by atoms with Gasteiger partial charge in [-0.2, -0.15) is 5.10 Å². The van der Waals surface area contributed by atoms with Crippen LogP contribution in [-0.2, 0) is 17.4 Å². The highest BCUT2D eigenvalue weighted by atomic mass is 32.1. The van der Waals surface area contributed by atoms with E-state index in [2.05, 4.69) is 20.3 Å². The number of thiazole rings is 1. The minimum absolute atomic E-state index is 0.0339. The van der Waals surface area contributed by atoms with Crippen molar-refractivity contribution in [2.24, 2.45) is 7.05 Å². The van der Waals surface area contributed by atoms with Crippen molar-refractivity contribution in [1.29, 1.82) is 0 Å². The van der Waals surface area contributed by atoms with Crippen LogP contribution in [0, 0.1) is 11.6 Å². The highest BCUT2D eigenvalue weighted by molar-refractivity contribution is 7.19. The summed E-state index contributed by atoms with van der Waals surface area (Å²) in [6.45, 7) is 1.66. The monoisotopic (exact) mass is 504 g/mol. The van der Waals surface area contributed by atoms with Crippen molar-refractivity contribution in [2.75, 3.05) is 42.3 Å².